The van der Waals surface area contributed by atoms with Crippen molar-refractivity contribution in [2.75, 3.05) is 20.7 Å². The van der Waals surface area contributed by atoms with E-state index in [1.807, 2.05) is 23.1 Å². The highest BCUT2D eigenvalue weighted by Gasteiger charge is 2.30. The maximum absolute atomic E-state index is 13.1. The molecule has 27 heavy (non-hydrogen) atoms. The number of rotatable bonds is 6. The predicted molar refractivity (Wildman–Crippen MR) is 103 cm³/mol. The second-order valence-corrected chi connectivity index (χ2v) is 8.41. The van der Waals surface area contributed by atoms with Crippen molar-refractivity contribution in [2.45, 2.75) is 30.2 Å². The standard InChI is InChI=1S/C20H24N2O4S/c1-21-27(24,25)19-14-16(10-11-18(19)26-2)20(23)22-12-6-9-17(22)13-15-7-4-3-5-8-15/h3-5,7-8,10-11,14,17,21H,6,9,12-13H2,1-2H3. The van der Waals surface area contributed by atoms with E-state index >= 15 is 0 Å². The Morgan fingerprint density at radius 1 is 1.22 bits per heavy atom. The van der Waals surface area contributed by atoms with Gasteiger partial charge < -0.3 is 9.64 Å². The first-order chi connectivity index (χ1) is 13.0. The lowest BCUT2D eigenvalue weighted by Crippen LogP contribution is -2.37. The number of hydrogen-bond donors (Lipinski definition) is 1. The monoisotopic (exact) mass is 388 g/mol. The zero-order valence-electron chi connectivity index (χ0n) is 15.5. The number of hydrogen-bond acceptors (Lipinski definition) is 4. The second kappa shape index (κ2) is 8.10. The molecule has 1 aliphatic rings. The number of ether oxygens (including phenoxy) is 1. The Balaban J connectivity index is 1.87. The van der Waals surface area contributed by atoms with Crippen LogP contribution >= 0.6 is 0 Å². The van der Waals surface area contributed by atoms with Gasteiger partial charge in [-0.05, 0) is 50.1 Å². The molecular weight excluding hydrogens is 364 g/mol. The predicted octanol–water partition coefficient (Wildman–Crippen LogP) is 2.45. The number of sulfonamides is 1. The molecular formula is C20H24N2O4S. The molecule has 1 N–H and O–H groups in total. The van der Waals surface area contributed by atoms with E-state index in [9.17, 15) is 13.2 Å². The third-order valence-electron chi connectivity index (χ3n) is 4.92. The number of likely N-dealkylation sites (tertiary alicyclic amines) is 1. The van der Waals surface area contributed by atoms with E-state index in [1.165, 1.54) is 31.9 Å². The third-order valence-corrected chi connectivity index (χ3v) is 6.36. The van der Waals surface area contributed by atoms with Crippen LogP contribution in [0.1, 0.15) is 28.8 Å². The van der Waals surface area contributed by atoms with Gasteiger partial charge in [-0.15, -0.1) is 0 Å². The minimum Gasteiger partial charge on any atom is -0.495 e. The molecule has 6 nitrogen and oxygen atoms in total. The molecule has 7 heteroatoms. The third kappa shape index (κ3) is 4.14. The Labute approximate surface area is 160 Å². The Morgan fingerprint density at radius 3 is 2.63 bits per heavy atom. The molecule has 2 aromatic carbocycles. The molecule has 0 bridgehead atoms. The van der Waals surface area contributed by atoms with Crippen molar-refractivity contribution < 1.29 is 17.9 Å². The minimum absolute atomic E-state index is 0.0304. The normalized spacial score (nSPS) is 17.1. The second-order valence-electron chi connectivity index (χ2n) is 6.56. The highest BCUT2D eigenvalue weighted by Crippen LogP contribution is 2.28. The van der Waals surface area contributed by atoms with Gasteiger partial charge in [0.25, 0.3) is 5.91 Å². The molecule has 1 unspecified atom stereocenters. The molecule has 1 amide bonds. The molecule has 0 spiro atoms. The maximum atomic E-state index is 13.1. The number of amides is 1. The van der Waals surface area contributed by atoms with Crippen LogP contribution in [0.2, 0.25) is 0 Å². The van der Waals surface area contributed by atoms with Crippen LogP contribution in [0.4, 0.5) is 0 Å². The van der Waals surface area contributed by atoms with Crippen LogP contribution in [0, 0.1) is 0 Å². The summed E-state index contributed by atoms with van der Waals surface area (Å²) in [6, 6.07) is 14.7. The van der Waals surface area contributed by atoms with E-state index in [1.54, 1.807) is 6.07 Å². The van der Waals surface area contributed by atoms with E-state index < -0.39 is 10.0 Å². The first-order valence-electron chi connectivity index (χ1n) is 8.92. The fourth-order valence-corrected chi connectivity index (χ4v) is 4.42. The van der Waals surface area contributed by atoms with E-state index in [-0.39, 0.29) is 22.6 Å². The number of benzene rings is 2. The largest absolute Gasteiger partial charge is 0.495 e. The Morgan fingerprint density at radius 2 is 1.96 bits per heavy atom. The fourth-order valence-electron chi connectivity index (χ4n) is 3.50. The average molecular weight is 388 g/mol. The molecule has 3 rings (SSSR count). The van der Waals surface area contributed by atoms with E-state index in [0.29, 0.717) is 12.1 Å². The van der Waals surface area contributed by atoms with Gasteiger partial charge in [-0.25, -0.2) is 13.1 Å². The molecule has 0 radical (unpaired) electrons. The van der Waals surface area contributed by atoms with Crippen molar-refractivity contribution in [3.05, 3.63) is 59.7 Å². The van der Waals surface area contributed by atoms with Crippen molar-refractivity contribution in [1.29, 1.82) is 0 Å². The van der Waals surface area contributed by atoms with Crippen LogP contribution in [0.3, 0.4) is 0 Å². The van der Waals surface area contributed by atoms with E-state index in [2.05, 4.69) is 16.9 Å². The first kappa shape index (κ1) is 19.4. The molecule has 0 aromatic heterocycles. The summed E-state index contributed by atoms with van der Waals surface area (Å²) in [6.07, 6.45) is 2.68. The van der Waals surface area contributed by atoms with Gasteiger partial charge in [-0.3, -0.25) is 4.79 Å². The summed E-state index contributed by atoms with van der Waals surface area (Å²) in [5.41, 5.74) is 1.54. The summed E-state index contributed by atoms with van der Waals surface area (Å²) in [5.74, 6) is 0.0618. The lowest BCUT2D eigenvalue weighted by atomic mass is 10.0. The zero-order chi connectivity index (χ0) is 19.4. The van der Waals surface area contributed by atoms with Crippen molar-refractivity contribution >= 4 is 15.9 Å². The van der Waals surface area contributed by atoms with Crippen molar-refractivity contribution in [3.8, 4) is 5.75 Å². The van der Waals surface area contributed by atoms with Crippen molar-refractivity contribution in [2.24, 2.45) is 0 Å². The van der Waals surface area contributed by atoms with Gasteiger partial charge >= 0.3 is 0 Å². The van der Waals surface area contributed by atoms with E-state index in [0.717, 1.165) is 19.3 Å². The first-order valence-corrected chi connectivity index (χ1v) is 10.4. The van der Waals surface area contributed by atoms with Crippen LogP contribution in [0.25, 0.3) is 0 Å². The Hall–Kier alpha value is -2.38. The lowest BCUT2D eigenvalue weighted by molar-refractivity contribution is 0.0736. The summed E-state index contributed by atoms with van der Waals surface area (Å²) in [5, 5.41) is 0. The Kier molecular flexibility index (Phi) is 5.82. The fraction of sp³-hybridized carbons (Fsp3) is 0.350. The smallest absolute Gasteiger partial charge is 0.254 e. The molecule has 1 saturated heterocycles. The number of methoxy groups -OCH3 is 1. The van der Waals surface area contributed by atoms with Crippen LogP contribution in [-0.4, -0.2) is 46.0 Å². The van der Waals surface area contributed by atoms with Gasteiger partial charge in [0.05, 0.1) is 7.11 Å². The maximum Gasteiger partial charge on any atom is 0.254 e. The van der Waals surface area contributed by atoms with Crippen molar-refractivity contribution in [3.63, 3.8) is 0 Å². The quantitative estimate of drug-likeness (QED) is 0.825. The number of nitrogens with one attached hydrogen (secondary N) is 1. The lowest BCUT2D eigenvalue weighted by Gasteiger charge is -2.25. The number of nitrogens with zero attached hydrogens (tertiary/aromatic N) is 1. The SMILES string of the molecule is CNS(=O)(=O)c1cc(C(=O)N2CCCC2Cc2ccccc2)ccc1OC. The van der Waals surface area contributed by atoms with Gasteiger partial charge in [0.15, 0.2) is 0 Å². The molecule has 1 aliphatic heterocycles. The summed E-state index contributed by atoms with van der Waals surface area (Å²) < 4.78 is 32.0. The molecule has 144 valence electrons. The van der Waals surface area contributed by atoms with Crippen molar-refractivity contribution in [1.82, 2.24) is 9.62 Å². The van der Waals surface area contributed by atoms with Gasteiger partial charge in [0.2, 0.25) is 10.0 Å². The molecule has 1 atom stereocenters. The minimum atomic E-state index is -3.73. The zero-order valence-corrected chi connectivity index (χ0v) is 16.3. The highest BCUT2D eigenvalue weighted by atomic mass is 32.2. The van der Waals surface area contributed by atoms with Crippen LogP contribution in [-0.2, 0) is 16.4 Å². The molecule has 0 saturated carbocycles. The summed E-state index contributed by atoms with van der Waals surface area (Å²) in [7, 11) is -0.991. The van der Waals surface area contributed by atoms with Gasteiger partial charge in [0, 0.05) is 18.2 Å². The average Bonchev–Trinajstić information content (AvgIpc) is 3.15. The number of carbonyl (C=O) groups is 1. The molecule has 1 fully saturated rings. The van der Waals surface area contributed by atoms with Crippen LogP contribution < -0.4 is 9.46 Å². The summed E-state index contributed by atoms with van der Waals surface area (Å²) in [4.78, 5) is 14.9. The molecule has 0 aliphatic carbocycles. The Bertz CT molecular complexity index is 913. The summed E-state index contributed by atoms with van der Waals surface area (Å²) >= 11 is 0. The summed E-state index contributed by atoms with van der Waals surface area (Å²) in [6.45, 7) is 0.677. The molecule has 1 heterocycles. The van der Waals surface area contributed by atoms with Gasteiger partial charge in [-0.2, -0.15) is 0 Å². The van der Waals surface area contributed by atoms with Gasteiger partial charge in [0.1, 0.15) is 10.6 Å². The topological polar surface area (TPSA) is 75.7 Å². The van der Waals surface area contributed by atoms with Gasteiger partial charge in [-0.1, -0.05) is 30.3 Å². The highest BCUT2D eigenvalue weighted by molar-refractivity contribution is 7.89. The van der Waals surface area contributed by atoms with E-state index in [4.69, 9.17) is 4.74 Å². The van der Waals surface area contributed by atoms with Crippen LogP contribution in [0.15, 0.2) is 53.4 Å². The number of carbonyl (C=O) groups excluding carboxylic acids is 1. The molecule has 2 aromatic rings. The van der Waals surface area contributed by atoms with Crippen LogP contribution in [0.5, 0.6) is 5.75 Å².